The van der Waals surface area contributed by atoms with Crippen LogP contribution in [0.15, 0.2) is 35.6 Å². The predicted molar refractivity (Wildman–Crippen MR) is 67.0 cm³/mol. The second-order valence-corrected chi connectivity index (χ2v) is 4.30. The van der Waals surface area contributed by atoms with Crippen molar-refractivity contribution in [2.75, 3.05) is 6.61 Å². The maximum absolute atomic E-state index is 9.99. The maximum Gasteiger partial charge on any atom is 0.187 e. The second kappa shape index (κ2) is 7.09. The molecule has 8 nitrogen and oxygen atoms in total. The monoisotopic (exact) mass is 281 g/mol. The Morgan fingerprint density at radius 1 is 1.35 bits per heavy atom. The minimum absolute atomic E-state index is 0.0812. The van der Waals surface area contributed by atoms with Crippen molar-refractivity contribution in [3.05, 3.63) is 46.3 Å². The van der Waals surface area contributed by atoms with Crippen LogP contribution in [0.2, 0.25) is 0 Å². The molecule has 0 unspecified atom stereocenters. The Hall–Kier alpha value is -1.83. The van der Waals surface area contributed by atoms with E-state index in [0.29, 0.717) is 0 Å². The molecule has 2 rings (SSSR count). The van der Waals surface area contributed by atoms with E-state index < -0.39 is 24.6 Å². The Morgan fingerprint density at radius 3 is 2.80 bits per heavy atom. The number of benzene rings is 1. The van der Waals surface area contributed by atoms with Gasteiger partial charge in [-0.05, 0) is 11.1 Å². The van der Waals surface area contributed by atoms with Crippen molar-refractivity contribution in [2.24, 2.45) is 5.28 Å². The van der Waals surface area contributed by atoms with Crippen LogP contribution < -0.4 is 0 Å². The van der Waals surface area contributed by atoms with Gasteiger partial charge in [0.1, 0.15) is 17.5 Å². The molecule has 1 aliphatic heterocycles. The summed E-state index contributed by atoms with van der Waals surface area (Å²) in [6.07, 6.45) is -4.39. The van der Waals surface area contributed by atoms with Crippen molar-refractivity contribution in [1.82, 2.24) is 0 Å². The SMILES string of the molecule is [N-]=[N+]=NO[C@@H]1[C@H](O)[C@@H](OCc2ccccc2)OC[C@H]1O. The average molecular weight is 281 g/mol. The number of hydrogen-bond donors (Lipinski definition) is 2. The highest BCUT2D eigenvalue weighted by Gasteiger charge is 2.41. The van der Waals surface area contributed by atoms with Gasteiger partial charge in [-0.15, -0.1) is 0 Å². The van der Waals surface area contributed by atoms with Gasteiger partial charge in [0.25, 0.3) is 0 Å². The van der Waals surface area contributed by atoms with Gasteiger partial charge in [-0.3, -0.25) is 0 Å². The minimum Gasteiger partial charge on any atom is -0.424 e. The van der Waals surface area contributed by atoms with Crippen LogP contribution in [-0.2, 0) is 20.9 Å². The Bertz CT molecular complexity index is 465. The van der Waals surface area contributed by atoms with Crippen LogP contribution in [0.4, 0.5) is 0 Å². The smallest absolute Gasteiger partial charge is 0.187 e. The van der Waals surface area contributed by atoms with Gasteiger partial charge in [0.15, 0.2) is 12.4 Å². The molecule has 20 heavy (non-hydrogen) atoms. The number of aliphatic hydroxyl groups is 2. The van der Waals surface area contributed by atoms with Crippen LogP contribution in [0, 0.1) is 0 Å². The molecule has 0 bridgehead atoms. The summed E-state index contributed by atoms with van der Waals surface area (Å²) in [6.45, 7) is 0.162. The highest BCUT2D eigenvalue weighted by Crippen LogP contribution is 2.20. The molecule has 0 spiro atoms. The molecule has 1 fully saturated rings. The van der Waals surface area contributed by atoms with Crippen LogP contribution in [0.5, 0.6) is 0 Å². The third-order valence-electron chi connectivity index (χ3n) is 2.89. The summed E-state index contributed by atoms with van der Waals surface area (Å²) in [5.41, 5.74) is 9.11. The van der Waals surface area contributed by atoms with E-state index in [9.17, 15) is 10.2 Å². The van der Waals surface area contributed by atoms with Crippen molar-refractivity contribution in [1.29, 1.82) is 0 Å². The lowest BCUT2D eigenvalue weighted by Crippen LogP contribution is -2.54. The number of hydrogen-bond acceptors (Lipinski definition) is 6. The summed E-state index contributed by atoms with van der Waals surface area (Å²) in [5, 5.41) is 22.5. The summed E-state index contributed by atoms with van der Waals surface area (Å²) in [6, 6.07) is 9.37. The molecule has 0 amide bonds. The van der Waals surface area contributed by atoms with Gasteiger partial charge in [-0.2, -0.15) is 0 Å². The van der Waals surface area contributed by atoms with E-state index in [-0.39, 0.29) is 13.2 Å². The molecule has 1 aromatic rings. The van der Waals surface area contributed by atoms with Gasteiger partial charge < -0.3 is 24.5 Å². The summed E-state index contributed by atoms with van der Waals surface area (Å²) in [4.78, 5) is 7.10. The van der Waals surface area contributed by atoms with Crippen LogP contribution in [0.25, 0.3) is 10.4 Å². The quantitative estimate of drug-likeness (QED) is 0.360. The second-order valence-electron chi connectivity index (χ2n) is 4.30. The molecule has 1 heterocycles. The van der Waals surface area contributed by atoms with Crippen LogP contribution in [0.1, 0.15) is 5.56 Å². The Balaban J connectivity index is 1.93. The van der Waals surface area contributed by atoms with Gasteiger partial charge in [-0.25, -0.2) is 0 Å². The predicted octanol–water partition coefficient (Wildman–Crippen LogP) is 0.892. The van der Waals surface area contributed by atoms with E-state index in [2.05, 4.69) is 15.0 Å². The summed E-state index contributed by atoms with van der Waals surface area (Å²) < 4.78 is 10.6. The maximum atomic E-state index is 9.99. The molecule has 1 aromatic carbocycles. The Kier molecular flexibility index (Phi) is 5.16. The lowest BCUT2D eigenvalue weighted by atomic mass is 10.1. The standard InChI is InChI=1S/C12H15N3O5/c13-14-15-20-11-9(16)7-19-12(10(11)17)18-6-8-4-2-1-3-5-8/h1-5,9-12,16-17H,6-7H2/t9-,10+,11+,12+/m1/s1. The van der Waals surface area contributed by atoms with E-state index in [1.165, 1.54) is 0 Å². The van der Waals surface area contributed by atoms with Crippen molar-refractivity contribution in [3.63, 3.8) is 0 Å². The van der Waals surface area contributed by atoms with Crippen LogP contribution >= 0.6 is 0 Å². The third kappa shape index (κ3) is 3.60. The summed E-state index contributed by atoms with van der Waals surface area (Å²) in [5.74, 6) is 0. The number of aliphatic hydroxyl groups excluding tert-OH is 2. The molecule has 2 N–H and O–H groups in total. The van der Waals surface area contributed by atoms with E-state index in [1.807, 2.05) is 30.3 Å². The highest BCUT2D eigenvalue weighted by atomic mass is 16.7. The third-order valence-corrected chi connectivity index (χ3v) is 2.89. The minimum atomic E-state index is -1.26. The highest BCUT2D eigenvalue weighted by molar-refractivity contribution is 5.13. The molecule has 8 heteroatoms. The zero-order valence-corrected chi connectivity index (χ0v) is 10.6. The first-order valence-corrected chi connectivity index (χ1v) is 6.06. The van der Waals surface area contributed by atoms with Gasteiger partial charge in [0.2, 0.25) is 0 Å². The van der Waals surface area contributed by atoms with Crippen molar-refractivity contribution < 1.29 is 24.5 Å². The molecular weight excluding hydrogens is 266 g/mol. The number of rotatable bonds is 5. The average Bonchev–Trinajstić information content (AvgIpc) is 2.47. The Morgan fingerprint density at radius 2 is 2.10 bits per heavy atom. The number of azide groups is 1. The van der Waals surface area contributed by atoms with Crippen LogP contribution in [-0.4, -0.2) is 41.4 Å². The number of nitrogens with zero attached hydrogens (tertiary/aromatic N) is 3. The van der Waals surface area contributed by atoms with Gasteiger partial charge in [0.05, 0.1) is 13.2 Å². The summed E-state index contributed by atoms with van der Waals surface area (Å²) in [7, 11) is 0. The Labute approximate surface area is 115 Å². The largest absolute Gasteiger partial charge is 0.424 e. The van der Waals surface area contributed by atoms with Gasteiger partial charge >= 0.3 is 0 Å². The first kappa shape index (κ1) is 14.6. The van der Waals surface area contributed by atoms with Gasteiger partial charge in [-0.1, -0.05) is 30.3 Å². The molecule has 0 aromatic heterocycles. The molecular formula is C12H15N3O5. The zero-order valence-electron chi connectivity index (χ0n) is 10.6. The molecule has 0 aliphatic carbocycles. The van der Waals surface area contributed by atoms with E-state index in [4.69, 9.17) is 15.0 Å². The van der Waals surface area contributed by atoms with Crippen molar-refractivity contribution in [2.45, 2.75) is 31.2 Å². The molecule has 0 saturated carbocycles. The fourth-order valence-electron chi connectivity index (χ4n) is 1.88. The fourth-order valence-corrected chi connectivity index (χ4v) is 1.88. The summed E-state index contributed by atoms with van der Waals surface area (Å²) >= 11 is 0. The first-order chi connectivity index (χ1) is 9.72. The molecule has 1 saturated heterocycles. The lowest BCUT2D eigenvalue weighted by molar-refractivity contribution is -0.281. The van der Waals surface area contributed by atoms with Gasteiger partial charge in [0, 0.05) is 4.91 Å². The first-order valence-electron chi connectivity index (χ1n) is 6.06. The molecule has 0 radical (unpaired) electrons. The zero-order chi connectivity index (χ0) is 14.4. The molecule has 4 atom stereocenters. The van der Waals surface area contributed by atoms with Crippen molar-refractivity contribution >= 4 is 0 Å². The van der Waals surface area contributed by atoms with E-state index in [1.54, 1.807) is 0 Å². The van der Waals surface area contributed by atoms with Crippen LogP contribution in [0.3, 0.4) is 0 Å². The van der Waals surface area contributed by atoms with E-state index in [0.717, 1.165) is 5.56 Å². The number of ether oxygens (including phenoxy) is 2. The normalized spacial score (nSPS) is 29.5. The topological polar surface area (TPSA) is 117 Å². The fraction of sp³-hybridized carbons (Fsp3) is 0.500. The lowest BCUT2D eigenvalue weighted by Gasteiger charge is -2.36. The van der Waals surface area contributed by atoms with Crippen molar-refractivity contribution in [3.8, 4) is 0 Å². The van der Waals surface area contributed by atoms with E-state index >= 15 is 0 Å². The molecule has 108 valence electrons. The molecule has 1 aliphatic rings.